The molecule has 0 aliphatic carbocycles. The molecule has 2 aliphatic rings. The van der Waals surface area contributed by atoms with Crippen molar-refractivity contribution >= 4 is 17.0 Å². The van der Waals surface area contributed by atoms with Crippen LogP contribution in [0.2, 0.25) is 0 Å². The summed E-state index contributed by atoms with van der Waals surface area (Å²) in [7, 11) is 1.92. The van der Waals surface area contributed by atoms with Crippen LogP contribution in [0.5, 0.6) is 5.75 Å². The number of aliphatic carboxylic acids is 1. The van der Waals surface area contributed by atoms with Gasteiger partial charge in [-0.2, -0.15) is 0 Å². The highest BCUT2D eigenvalue weighted by molar-refractivity contribution is 6.01. The van der Waals surface area contributed by atoms with Crippen LogP contribution in [0.15, 0.2) is 30.5 Å². The summed E-state index contributed by atoms with van der Waals surface area (Å²) in [4.78, 5) is 24.6. The Morgan fingerprint density at radius 3 is 2.66 bits per heavy atom. The smallest absolute Gasteiger partial charge is 0.337 e. The molecular weight excluding hydrogens is 599 g/mol. The van der Waals surface area contributed by atoms with Crippen LogP contribution in [0.3, 0.4) is 0 Å². The van der Waals surface area contributed by atoms with Crippen molar-refractivity contribution in [1.82, 2.24) is 19.4 Å². The molecule has 1 aromatic carbocycles. The van der Waals surface area contributed by atoms with Gasteiger partial charge in [0, 0.05) is 59.7 Å². The van der Waals surface area contributed by atoms with Gasteiger partial charge in [0.15, 0.2) is 17.7 Å². The van der Waals surface area contributed by atoms with Crippen molar-refractivity contribution in [2.75, 3.05) is 39.5 Å². The number of hydrogen-bond donors (Lipinski definition) is 1. The monoisotopic (exact) mass is 640 g/mol. The number of nitrogens with zero attached hydrogens (tertiary/aromatic N) is 4. The molecule has 1 N–H and O–H groups in total. The lowest BCUT2D eigenvalue weighted by molar-refractivity contribution is -0.160. The zero-order valence-corrected chi connectivity index (χ0v) is 27.9. The number of halogens is 1. The molecule has 0 radical (unpaired) electrons. The SMILES string of the molecule is Cc1nc2c(cc(-c3ccnc(C#CCN4CCOCC4)c3)n2C)c(-c2cc(F)c3c(c2C)CCCO3)c1[C@H](OC(C)(C)C)C(=O)O. The van der Waals surface area contributed by atoms with E-state index in [0.717, 1.165) is 41.9 Å². The van der Waals surface area contributed by atoms with Crippen LogP contribution < -0.4 is 4.74 Å². The molecular formula is C37H41FN4O5. The molecule has 4 aromatic rings. The molecule has 5 heterocycles. The molecule has 0 amide bonds. The van der Waals surface area contributed by atoms with Crippen molar-refractivity contribution in [2.24, 2.45) is 7.05 Å². The average molecular weight is 641 g/mol. The van der Waals surface area contributed by atoms with E-state index >= 15 is 4.39 Å². The van der Waals surface area contributed by atoms with E-state index < -0.39 is 23.5 Å². The minimum Gasteiger partial charge on any atom is -0.490 e. The summed E-state index contributed by atoms with van der Waals surface area (Å²) >= 11 is 0. The first-order valence-corrected chi connectivity index (χ1v) is 16.0. The average Bonchev–Trinajstić information content (AvgIpc) is 3.37. The summed E-state index contributed by atoms with van der Waals surface area (Å²) in [6, 6.07) is 7.31. The summed E-state index contributed by atoms with van der Waals surface area (Å²) in [5.41, 5.74) is 5.97. The van der Waals surface area contributed by atoms with Gasteiger partial charge in [-0.1, -0.05) is 5.92 Å². The molecule has 3 aromatic heterocycles. The lowest BCUT2D eigenvalue weighted by atomic mass is 9.86. The van der Waals surface area contributed by atoms with Crippen molar-refractivity contribution < 1.29 is 28.5 Å². The molecule has 1 atom stereocenters. The molecule has 6 rings (SSSR count). The lowest BCUT2D eigenvalue weighted by Crippen LogP contribution is -2.36. The molecule has 1 saturated heterocycles. The second-order valence-electron chi connectivity index (χ2n) is 13.2. The Morgan fingerprint density at radius 1 is 1.17 bits per heavy atom. The van der Waals surface area contributed by atoms with E-state index in [1.807, 2.05) is 57.5 Å². The van der Waals surface area contributed by atoms with Crippen molar-refractivity contribution in [3.63, 3.8) is 0 Å². The second-order valence-corrected chi connectivity index (χ2v) is 13.2. The predicted molar refractivity (Wildman–Crippen MR) is 178 cm³/mol. The van der Waals surface area contributed by atoms with Crippen LogP contribution in [-0.2, 0) is 27.7 Å². The van der Waals surface area contributed by atoms with Gasteiger partial charge in [0.1, 0.15) is 11.3 Å². The molecule has 0 unspecified atom stereocenters. The van der Waals surface area contributed by atoms with Crippen LogP contribution in [0.25, 0.3) is 33.4 Å². The first kappa shape index (κ1) is 32.6. The molecule has 1 fully saturated rings. The third-order valence-corrected chi connectivity index (χ3v) is 8.75. The van der Waals surface area contributed by atoms with Gasteiger partial charge in [0.25, 0.3) is 0 Å². The third kappa shape index (κ3) is 6.61. The van der Waals surface area contributed by atoms with Gasteiger partial charge in [-0.25, -0.2) is 19.2 Å². The minimum absolute atomic E-state index is 0.273. The highest BCUT2D eigenvalue weighted by Crippen LogP contribution is 2.45. The standard InChI is InChI=1S/C37H41FN4O5/c1-22-26-10-8-16-46-33(26)29(38)20-27(22)32-28-21-30(24-11-12-39-25(19-24)9-7-13-42-14-17-45-18-15-42)41(6)35(28)40-23(2)31(32)34(36(43)44)47-37(3,4)5/h11-12,19-21,34H,8,10,13-18H2,1-6H3,(H,43,44)/t34-/m0/s1. The first-order valence-electron chi connectivity index (χ1n) is 16.0. The zero-order chi connectivity index (χ0) is 33.5. The van der Waals surface area contributed by atoms with Gasteiger partial charge in [0.05, 0.1) is 37.7 Å². The molecule has 0 bridgehead atoms. The Kier molecular flexibility index (Phi) is 9.07. The number of pyridine rings is 2. The fraction of sp³-hybridized carbons (Fsp3) is 0.432. The topological polar surface area (TPSA) is 98.9 Å². The van der Waals surface area contributed by atoms with E-state index in [2.05, 4.69) is 21.7 Å². The van der Waals surface area contributed by atoms with Crippen LogP contribution in [0.1, 0.15) is 61.4 Å². The first-order chi connectivity index (χ1) is 22.4. The number of aromatic nitrogens is 3. The predicted octanol–water partition coefficient (Wildman–Crippen LogP) is 6.01. The molecule has 2 aliphatic heterocycles. The fourth-order valence-electron chi connectivity index (χ4n) is 6.51. The van der Waals surface area contributed by atoms with Crippen LogP contribution >= 0.6 is 0 Å². The van der Waals surface area contributed by atoms with Gasteiger partial charge < -0.3 is 23.9 Å². The van der Waals surface area contributed by atoms with E-state index in [4.69, 9.17) is 19.2 Å². The van der Waals surface area contributed by atoms with E-state index in [9.17, 15) is 9.90 Å². The maximum Gasteiger partial charge on any atom is 0.337 e. The number of fused-ring (bicyclic) bond motifs is 2. The maximum atomic E-state index is 15.8. The Labute approximate surface area is 274 Å². The highest BCUT2D eigenvalue weighted by Gasteiger charge is 2.34. The fourth-order valence-corrected chi connectivity index (χ4v) is 6.51. The van der Waals surface area contributed by atoms with Crippen molar-refractivity contribution in [2.45, 2.75) is 59.2 Å². The van der Waals surface area contributed by atoms with Crippen LogP contribution in [-0.4, -0.2) is 75.6 Å². The summed E-state index contributed by atoms with van der Waals surface area (Å²) in [6.07, 6.45) is 1.84. The van der Waals surface area contributed by atoms with Gasteiger partial charge >= 0.3 is 5.97 Å². The minimum atomic E-state index is -1.34. The number of morpholine rings is 1. The van der Waals surface area contributed by atoms with Crippen molar-refractivity contribution in [1.29, 1.82) is 0 Å². The Balaban J connectivity index is 1.55. The van der Waals surface area contributed by atoms with Gasteiger partial charge in [-0.05, 0) is 88.8 Å². The quantitative estimate of drug-likeness (QED) is 0.256. The highest BCUT2D eigenvalue weighted by atomic mass is 19.1. The lowest BCUT2D eigenvalue weighted by Gasteiger charge is -2.29. The van der Waals surface area contributed by atoms with Gasteiger partial charge in [0.2, 0.25) is 0 Å². The van der Waals surface area contributed by atoms with Crippen molar-refractivity contribution in [3.05, 3.63) is 64.4 Å². The number of carboxylic acids is 1. The number of ether oxygens (including phenoxy) is 3. The molecule has 0 spiro atoms. The zero-order valence-electron chi connectivity index (χ0n) is 27.9. The van der Waals surface area contributed by atoms with E-state index in [1.54, 1.807) is 13.1 Å². The molecule has 10 heteroatoms. The number of carbonyl (C=O) groups is 1. The normalized spacial score (nSPS) is 15.9. The number of rotatable bonds is 6. The number of hydrogen-bond acceptors (Lipinski definition) is 7. The van der Waals surface area contributed by atoms with Crippen LogP contribution in [0.4, 0.5) is 4.39 Å². The molecule has 246 valence electrons. The Hall–Kier alpha value is -4.30. The van der Waals surface area contributed by atoms with Crippen molar-refractivity contribution in [3.8, 4) is 40.0 Å². The summed E-state index contributed by atoms with van der Waals surface area (Å²) in [6.45, 7) is 13.4. The third-order valence-electron chi connectivity index (χ3n) is 8.75. The number of aryl methyl sites for hydroxylation is 2. The maximum absolute atomic E-state index is 15.8. The summed E-state index contributed by atoms with van der Waals surface area (Å²) < 4.78 is 35.1. The van der Waals surface area contributed by atoms with Gasteiger partial charge in [-0.3, -0.25) is 4.90 Å². The Morgan fingerprint density at radius 2 is 1.94 bits per heavy atom. The largest absolute Gasteiger partial charge is 0.490 e. The number of benzene rings is 1. The summed E-state index contributed by atoms with van der Waals surface area (Å²) in [5, 5.41) is 11.2. The molecule has 0 saturated carbocycles. The van der Waals surface area contributed by atoms with Crippen LogP contribution in [0, 0.1) is 31.5 Å². The summed E-state index contributed by atoms with van der Waals surface area (Å²) in [5.74, 6) is 5.10. The second kappa shape index (κ2) is 13.1. The van der Waals surface area contributed by atoms with E-state index in [0.29, 0.717) is 71.9 Å². The van der Waals surface area contributed by atoms with Gasteiger partial charge in [-0.15, -0.1) is 0 Å². The molecule has 9 nitrogen and oxygen atoms in total. The van der Waals surface area contributed by atoms with E-state index in [-0.39, 0.29) is 5.75 Å². The molecule has 47 heavy (non-hydrogen) atoms. The van der Waals surface area contributed by atoms with E-state index in [1.165, 1.54) is 6.07 Å². The Bertz CT molecular complexity index is 1910. The number of carboxylic acid groups (broad SMARTS) is 1.